The predicted molar refractivity (Wildman–Crippen MR) is 112 cm³/mol. The maximum absolute atomic E-state index is 6.23. The van der Waals surface area contributed by atoms with Crippen molar-refractivity contribution in [2.45, 2.75) is 39.0 Å². The van der Waals surface area contributed by atoms with Crippen LogP contribution in [-0.4, -0.2) is 25.9 Å². The van der Waals surface area contributed by atoms with Gasteiger partial charge in [-0.15, -0.1) is 0 Å². The number of ether oxygens (including phenoxy) is 3. The second-order valence-electron chi connectivity index (χ2n) is 6.48. The van der Waals surface area contributed by atoms with Crippen molar-refractivity contribution in [2.75, 3.05) is 19.8 Å². The van der Waals surface area contributed by atoms with Gasteiger partial charge in [-0.1, -0.05) is 29.8 Å². The Balaban J connectivity index is 1.66. The Kier molecular flexibility index (Phi) is 7.82. The first-order chi connectivity index (χ1) is 13.2. The van der Waals surface area contributed by atoms with E-state index < -0.39 is 0 Å². The molecule has 0 bridgehead atoms. The van der Waals surface area contributed by atoms with Crippen LogP contribution in [0.15, 0.2) is 40.9 Å². The average molecular weight is 455 g/mol. The normalized spacial score (nSPS) is 16.5. The van der Waals surface area contributed by atoms with Gasteiger partial charge in [-0.2, -0.15) is 0 Å². The smallest absolute Gasteiger partial charge is 0.175 e. The Hall–Kier alpha value is -1.27. The SMILES string of the molecule is CCOc1cc(CNC[C@@H]2CCCO2)cc(Br)c1OCc1ccccc1Cl. The Labute approximate surface area is 174 Å². The molecule has 1 saturated heterocycles. The lowest BCUT2D eigenvalue weighted by molar-refractivity contribution is 0.110. The summed E-state index contributed by atoms with van der Waals surface area (Å²) in [6, 6.07) is 11.8. The van der Waals surface area contributed by atoms with Crippen LogP contribution in [0.2, 0.25) is 5.02 Å². The van der Waals surface area contributed by atoms with Gasteiger partial charge in [0.05, 0.1) is 17.2 Å². The molecular formula is C21H25BrClNO3. The van der Waals surface area contributed by atoms with Gasteiger partial charge in [0, 0.05) is 30.3 Å². The summed E-state index contributed by atoms with van der Waals surface area (Å²) in [4.78, 5) is 0. The van der Waals surface area contributed by atoms with Crippen molar-refractivity contribution in [3.63, 3.8) is 0 Å². The molecular weight excluding hydrogens is 430 g/mol. The fourth-order valence-electron chi connectivity index (χ4n) is 3.07. The minimum Gasteiger partial charge on any atom is -0.490 e. The number of hydrogen-bond acceptors (Lipinski definition) is 4. The molecule has 6 heteroatoms. The van der Waals surface area contributed by atoms with Gasteiger partial charge in [0.25, 0.3) is 0 Å². The average Bonchev–Trinajstić information content (AvgIpc) is 3.16. The summed E-state index contributed by atoms with van der Waals surface area (Å²) in [5.74, 6) is 1.42. The van der Waals surface area contributed by atoms with Crippen LogP contribution in [0.3, 0.4) is 0 Å². The van der Waals surface area contributed by atoms with Crippen LogP contribution in [0.5, 0.6) is 11.5 Å². The van der Waals surface area contributed by atoms with Gasteiger partial charge in [-0.05, 0) is 59.5 Å². The van der Waals surface area contributed by atoms with Crippen LogP contribution in [-0.2, 0) is 17.9 Å². The highest BCUT2D eigenvalue weighted by atomic mass is 79.9. The molecule has 3 rings (SSSR count). The van der Waals surface area contributed by atoms with Gasteiger partial charge >= 0.3 is 0 Å². The first-order valence-electron chi connectivity index (χ1n) is 9.31. The quantitative estimate of drug-likeness (QED) is 0.554. The molecule has 1 N–H and O–H groups in total. The van der Waals surface area contributed by atoms with E-state index in [1.165, 1.54) is 0 Å². The lowest BCUT2D eigenvalue weighted by atomic mass is 10.2. The van der Waals surface area contributed by atoms with Gasteiger partial charge in [0.1, 0.15) is 6.61 Å². The molecule has 2 aromatic rings. The number of hydrogen-bond donors (Lipinski definition) is 1. The Morgan fingerprint density at radius 2 is 2.11 bits per heavy atom. The molecule has 27 heavy (non-hydrogen) atoms. The molecule has 0 aliphatic carbocycles. The molecule has 1 heterocycles. The van der Waals surface area contributed by atoms with Crippen LogP contribution in [0, 0.1) is 0 Å². The summed E-state index contributed by atoms with van der Waals surface area (Å²) >= 11 is 9.85. The summed E-state index contributed by atoms with van der Waals surface area (Å²) < 4.78 is 18.4. The maximum Gasteiger partial charge on any atom is 0.175 e. The van der Waals surface area contributed by atoms with Crippen molar-refractivity contribution in [3.05, 3.63) is 57.0 Å². The summed E-state index contributed by atoms with van der Waals surface area (Å²) in [5, 5.41) is 4.16. The minimum absolute atomic E-state index is 0.332. The van der Waals surface area contributed by atoms with Gasteiger partial charge in [0.15, 0.2) is 11.5 Å². The largest absolute Gasteiger partial charge is 0.490 e. The molecule has 1 aliphatic rings. The van der Waals surface area contributed by atoms with E-state index in [0.717, 1.165) is 53.9 Å². The standard InChI is InChI=1S/C21H25BrClNO3/c1-2-25-20-11-15(12-24-13-17-7-5-9-26-17)10-18(22)21(20)27-14-16-6-3-4-8-19(16)23/h3-4,6,8,10-11,17,24H,2,5,7,9,12-14H2,1H3/t17-/m0/s1. The van der Waals surface area contributed by atoms with E-state index in [1.54, 1.807) is 0 Å². The highest BCUT2D eigenvalue weighted by Gasteiger charge is 2.16. The molecule has 0 aromatic heterocycles. The second-order valence-corrected chi connectivity index (χ2v) is 7.75. The van der Waals surface area contributed by atoms with Crippen molar-refractivity contribution in [2.24, 2.45) is 0 Å². The first kappa shape index (κ1) is 20.5. The lowest BCUT2D eigenvalue weighted by Crippen LogP contribution is -2.25. The number of halogens is 2. The third kappa shape index (κ3) is 5.85. The third-order valence-corrected chi connectivity index (χ3v) is 5.38. The molecule has 1 fully saturated rings. The van der Waals surface area contributed by atoms with Gasteiger partial charge in [-0.25, -0.2) is 0 Å². The lowest BCUT2D eigenvalue weighted by Gasteiger charge is -2.17. The molecule has 0 saturated carbocycles. The van der Waals surface area contributed by atoms with E-state index in [0.29, 0.717) is 30.1 Å². The summed E-state index contributed by atoms with van der Waals surface area (Å²) in [6.45, 7) is 5.42. The van der Waals surface area contributed by atoms with Crippen molar-refractivity contribution >= 4 is 27.5 Å². The van der Waals surface area contributed by atoms with Crippen molar-refractivity contribution in [1.29, 1.82) is 0 Å². The fraction of sp³-hybridized carbons (Fsp3) is 0.429. The van der Waals surface area contributed by atoms with E-state index >= 15 is 0 Å². The zero-order valence-electron chi connectivity index (χ0n) is 15.5. The maximum atomic E-state index is 6.23. The molecule has 4 nitrogen and oxygen atoms in total. The van der Waals surface area contributed by atoms with Crippen LogP contribution in [0.25, 0.3) is 0 Å². The zero-order chi connectivity index (χ0) is 19.1. The molecule has 146 valence electrons. The molecule has 0 radical (unpaired) electrons. The van der Waals surface area contributed by atoms with Crippen LogP contribution >= 0.6 is 27.5 Å². The van der Waals surface area contributed by atoms with E-state index in [1.807, 2.05) is 37.3 Å². The monoisotopic (exact) mass is 453 g/mol. The topological polar surface area (TPSA) is 39.7 Å². The molecule has 0 spiro atoms. The van der Waals surface area contributed by atoms with Gasteiger partial charge < -0.3 is 19.5 Å². The molecule has 0 unspecified atom stereocenters. The van der Waals surface area contributed by atoms with Crippen molar-refractivity contribution < 1.29 is 14.2 Å². The molecule has 0 amide bonds. The van der Waals surface area contributed by atoms with Gasteiger partial charge in [-0.3, -0.25) is 0 Å². The van der Waals surface area contributed by atoms with Crippen molar-refractivity contribution in [1.82, 2.24) is 5.32 Å². The Morgan fingerprint density at radius 1 is 1.26 bits per heavy atom. The number of rotatable bonds is 9. The van der Waals surface area contributed by atoms with E-state index in [-0.39, 0.29) is 0 Å². The van der Waals surface area contributed by atoms with Crippen LogP contribution in [0.1, 0.15) is 30.9 Å². The van der Waals surface area contributed by atoms with Crippen LogP contribution < -0.4 is 14.8 Å². The van der Waals surface area contributed by atoms with Crippen LogP contribution in [0.4, 0.5) is 0 Å². The summed E-state index contributed by atoms with van der Waals surface area (Å²) in [7, 11) is 0. The second kappa shape index (κ2) is 10.3. The van der Waals surface area contributed by atoms with E-state index in [2.05, 4.69) is 27.3 Å². The molecule has 1 atom stereocenters. The van der Waals surface area contributed by atoms with Gasteiger partial charge in [0.2, 0.25) is 0 Å². The third-order valence-electron chi connectivity index (χ3n) is 4.42. The Bertz CT molecular complexity index is 750. The highest BCUT2D eigenvalue weighted by molar-refractivity contribution is 9.10. The molecule has 1 aliphatic heterocycles. The minimum atomic E-state index is 0.332. The number of benzene rings is 2. The predicted octanol–water partition coefficient (Wildman–Crippen LogP) is 5.35. The van der Waals surface area contributed by atoms with E-state index in [9.17, 15) is 0 Å². The Morgan fingerprint density at radius 3 is 2.85 bits per heavy atom. The van der Waals surface area contributed by atoms with E-state index in [4.69, 9.17) is 25.8 Å². The zero-order valence-corrected chi connectivity index (χ0v) is 17.8. The highest BCUT2D eigenvalue weighted by Crippen LogP contribution is 2.37. The fourth-order valence-corrected chi connectivity index (χ4v) is 3.87. The summed E-state index contributed by atoms with van der Waals surface area (Å²) in [5.41, 5.74) is 2.07. The first-order valence-corrected chi connectivity index (χ1v) is 10.5. The number of nitrogens with one attached hydrogen (secondary N) is 1. The van der Waals surface area contributed by atoms with Crippen molar-refractivity contribution in [3.8, 4) is 11.5 Å². The summed E-state index contributed by atoms with van der Waals surface area (Å²) in [6.07, 6.45) is 2.62. The molecule has 2 aromatic carbocycles.